The van der Waals surface area contributed by atoms with Crippen molar-refractivity contribution in [1.29, 1.82) is 0 Å². The van der Waals surface area contributed by atoms with Crippen LogP contribution < -0.4 is 4.74 Å². The van der Waals surface area contributed by atoms with Crippen molar-refractivity contribution < 1.29 is 18.4 Å². The third kappa shape index (κ3) is 3.76. The molecule has 2 heterocycles. The molecule has 2 aromatic heterocycles. The zero-order valence-electron chi connectivity index (χ0n) is 15.7. The van der Waals surface area contributed by atoms with E-state index in [2.05, 4.69) is 4.98 Å². The van der Waals surface area contributed by atoms with Crippen molar-refractivity contribution in [2.75, 3.05) is 13.7 Å². The van der Waals surface area contributed by atoms with E-state index in [1.165, 1.54) is 0 Å². The zero-order valence-corrected chi connectivity index (χ0v) is 15.7. The molecule has 0 aliphatic rings. The second kappa shape index (κ2) is 7.60. The number of carbonyl (C=O) groups is 1. The molecular weight excluding hydrogens is 356 g/mol. The van der Waals surface area contributed by atoms with E-state index in [9.17, 15) is 4.79 Å². The molecule has 6 nitrogen and oxygen atoms in total. The first-order chi connectivity index (χ1) is 13.6. The van der Waals surface area contributed by atoms with Gasteiger partial charge in [0.2, 0.25) is 5.89 Å². The predicted octanol–water partition coefficient (Wildman–Crippen LogP) is 4.43. The monoisotopic (exact) mass is 376 g/mol. The fourth-order valence-electron chi connectivity index (χ4n) is 2.90. The minimum absolute atomic E-state index is 0.0897. The van der Waals surface area contributed by atoms with E-state index in [4.69, 9.17) is 13.6 Å². The number of carbonyl (C=O) groups excluding carboxylic acids is 1. The molecular formula is C22H20N2O4. The largest absolute Gasteiger partial charge is 0.483 e. The first kappa shape index (κ1) is 17.9. The molecule has 0 aliphatic heterocycles. The number of nitrogens with zero attached hydrogens (tertiary/aromatic N) is 2. The summed E-state index contributed by atoms with van der Waals surface area (Å²) in [6.45, 7) is 2.31. The summed E-state index contributed by atoms with van der Waals surface area (Å²) in [5, 5.41) is 0. The van der Waals surface area contributed by atoms with Crippen LogP contribution in [0.4, 0.5) is 0 Å². The van der Waals surface area contributed by atoms with Crippen LogP contribution in [0.2, 0.25) is 0 Å². The average Bonchev–Trinajstić information content (AvgIpc) is 3.35. The zero-order chi connectivity index (χ0) is 19.5. The Morgan fingerprint density at radius 2 is 2.00 bits per heavy atom. The number of furan rings is 1. The summed E-state index contributed by atoms with van der Waals surface area (Å²) < 4.78 is 16.9. The molecule has 4 rings (SSSR count). The van der Waals surface area contributed by atoms with Gasteiger partial charge in [0.1, 0.15) is 17.0 Å². The van der Waals surface area contributed by atoms with Gasteiger partial charge in [0.25, 0.3) is 5.91 Å². The minimum Gasteiger partial charge on any atom is -0.483 e. The Labute approximate surface area is 162 Å². The van der Waals surface area contributed by atoms with Crippen LogP contribution in [0.25, 0.3) is 22.6 Å². The molecule has 4 aromatic rings. The molecule has 28 heavy (non-hydrogen) atoms. The maximum absolute atomic E-state index is 12.4. The Balaban J connectivity index is 1.50. The number of amides is 1. The third-order valence-electron chi connectivity index (χ3n) is 4.41. The highest BCUT2D eigenvalue weighted by molar-refractivity contribution is 5.79. The predicted molar refractivity (Wildman–Crippen MR) is 105 cm³/mol. The number of ether oxygens (including phenoxy) is 1. The number of aromatic nitrogens is 1. The van der Waals surface area contributed by atoms with E-state index in [0.717, 1.165) is 16.8 Å². The molecule has 0 saturated carbocycles. The normalized spacial score (nSPS) is 10.9. The summed E-state index contributed by atoms with van der Waals surface area (Å²) in [6, 6.07) is 16.9. The van der Waals surface area contributed by atoms with Crippen molar-refractivity contribution in [2.45, 2.75) is 13.5 Å². The van der Waals surface area contributed by atoms with Crippen molar-refractivity contribution in [3.05, 3.63) is 72.2 Å². The van der Waals surface area contributed by atoms with Gasteiger partial charge in [-0.15, -0.1) is 0 Å². The van der Waals surface area contributed by atoms with Crippen molar-refractivity contribution >= 4 is 17.0 Å². The summed E-state index contributed by atoms with van der Waals surface area (Å²) in [4.78, 5) is 18.5. The molecule has 1 amide bonds. The molecule has 0 fully saturated rings. The molecule has 0 atom stereocenters. The van der Waals surface area contributed by atoms with Crippen molar-refractivity contribution in [3.63, 3.8) is 0 Å². The molecule has 0 N–H and O–H groups in total. The van der Waals surface area contributed by atoms with Gasteiger partial charge in [-0.1, -0.05) is 18.2 Å². The number of benzene rings is 2. The van der Waals surface area contributed by atoms with Gasteiger partial charge in [0, 0.05) is 7.05 Å². The number of fused-ring (bicyclic) bond motifs is 1. The second-order valence-electron chi connectivity index (χ2n) is 6.60. The SMILES string of the molecule is Cc1ccc2oc(-c3ccccc3OCC(=O)N(C)Cc3ccco3)nc2c1. The molecule has 0 unspecified atom stereocenters. The number of hydrogen-bond donors (Lipinski definition) is 0. The van der Waals surface area contributed by atoms with E-state index in [-0.39, 0.29) is 12.5 Å². The van der Waals surface area contributed by atoms with E-state index in [1.54, 1.807) is 30.3 Å². The van der Waals surface area contributed by atoms with Gasteiger partial charge in [-0.25, -0.2) is 4.98 Å². The standard InChI is InChI=1S/C22H20N2O4/c1-15-9-10-20-18(12-15)23-22(28-20)17-7-3-4-8-19(17)27-14-21(25)24(2)13-16-6-5-11-26-16/h3-12H,13-14H2,1-2H3. The lowest BCUT2D eigenvalue weighted by atomic mass is 10.2. The van der Waals surface area contributed by atoms with Crippen LogP contribution in [0.1, 0.15) is 11.3 Å². The Kier molecular flexibility index (Phi) is 4.85. The lowest BCUT2D eigenvalue weighted by Crippen LogP contribution is -2.30. The van der Waals surface area contributed by atoms with Crippen LogP contribution in [-0.2, 0) is 11.3 Å². The number of rotatable bonds is 6. The van der Waals surface area contributed by atoms with Crippen molar-refractivity contribution in [3.8, 4) is 17.2 Å². The molecule has 0 bridgehead atoms. The molecule has 0 radical (unpaired) electrons. The molecule has 0 saturated heterocycles. The summed E-state index contributed by atoms with van der Waals surface area (Å²) in [5.74, 6) is 1.58. The van der Waals surface area contributed by atoms with E-state index < -0.39 is 0 Å². The van der Waals surface area contributed by atoms with Crippen LogP contribution >= 0.6 is 0 Å². The Hall–Kier alpha value is -3.54. The summed E-state index contributed by atoms with van der Waals surface area (Å²) in [6.07, 6.45) is 1.59. The molecule has 2 aromatic carbocycles. The number of para-hydroxylation sites is 1. The molecule has 6 heteroatoms. The van der Waals surface area contributed by atoms with Crippen LogP contribution in [-0.4, -0.2) is 29.4 Å². The van der Waals surface area contributed by atoms with Gasteiger partial charge in [-0.2, -0.15) is 0 Å². The average molecular weight is 376 g/mol. The Morgan fingerprint density at radius 1 is 1.14 bits per heavy atom. The highest BCUT2D eigenvalue weighted by Gasteiger charge is 2.16. The van der Waals surface area contributed by atoms with E-state index in [1.807, 2.05) is 49.4 Å². The highest BCUT2D eigenvalue weighted by atomic mass is 16.5. The number of aryl methyl sites for hydroxylation is 1. The van der Waals surface area contributed by atoms with Crippen molar-refractivity contribution in [1.82, 2.24) is 9.88 Å². The smallest absolute Gasteiger partial charge is 0.260 e. The second-order valence-corrected chi connectivity index (χ2v) is 6.60. The van der Waals surface area contributed by atoms with Gasteiger partial charge in [0.05, 0.1) is 18.4 Å². The maximum atomic E-state index is 12.4. The highest BCUT2D eigenvalue weighted by Crippen LogP contribution is 2.31. The van der Waals surface area contributed by atoms with E-state index >= 15 is 0 Å². The van der Waals surface area contributed by atoms with Crippen LogP contribution in [0.3, 0.4) is 0 Å². The summed E-state index contributed by atoms with van der Waals surface area (Å²) in [7, 11) is 1.71. The van der Waals surface area contributed by atoms with Crippen molar-refractivity contribution in [2.24, 2.45) is 0 Å². The number of oxazole rings is 1. The first-order valence-corrected chi connectivity index (χ1v) is 8.96. The molecule has 0 spiro atoms. The van der Waals surface area contributed by atoms with E-state index in [0.29, 0.717) is 29.3 Å². The maximum Gasteiger partial charge on any atom is 0.260 e. The van der Waals surface area contributed by atoms with Gasteiger partial charge in [-0.05, 0) is 48.9 Å². The third-order valence-corrected chi connectivity index (χ3v) is 4.41. The lowest BCUT2D eigenvalue weighted by molar-refractivity contribution is -0.132. The van der Waals surface area contributed by atoms with Gasteiger partial charge >= 0.3 is 0 Å². The topological polar surface area (TPSA) is 68.7 Å². The summed E-state index contributed by atoms with van der Waals surface area (Å²) in [5.41, 5.74) is 3.32. The van der Waals surface area contributed by atoms with Crippen LogP contribution in [0.5, 0.6) is 5.75 Å². The molecule has 142 valence electrons. The Morgan fingerprint density at radius 3 is 2.82 bits per heavy atom. The first-order valence-electron chi connectivity index (χ1n) is 8.96. The molecule has 0 aliphatic carbocycles. The number of likely N-dealkylation sites (N-methyl/N-ethyl adjacent to an activating group) is 1. The number of hydrogen-bond acceptors (Lipinski definition) is 5. The quantitative estimate of drug-likeness (QED) is 0.498. The fourth-order valence-corrected chi connectivity index (χ4v) is 2.90. The lowest BCUT2D eigenvalue weighted by Gasteiger charge is -2.16. The van der Waals surface area contributed by atoms with Crippen LogP contribution in [0.15, 0.2) is 69.7 Å². The van der Waals surface area contributed by atoms with Crippen LogP contribution in [0, 0.1) is 6.92 Å². The summed E-state index contributed by atoms with van der Waals surface area (Å²) >= 11 is 0. The Bertz CT molecular complexity index is 1100. The van der Waals surface area contributed by atoms with Gasteiger partial charge in [-0.3, -0.25) is 4.79 Å². The van der Waals surface area contributed by atoms with Gasteiger partial charge < -0.3 is 18.5 Å². The van der Waals surface area contributed by atoms with Gasteiger partial charge in [0.15, 0.2) is 12.2 Å². The minimum atomic E-state index is -0.153. The fraction of sp³-hybridized carbons (Fsp3) is 0.182.